The van der Waals surface area contributed by atoms with Crippen molar-refractivity contribution in [1.82, 2.24) is 4.90 Å². The molecule has 0 aliphatic carbocycles. The third-order valence-corrected chi connectivity index (χ3v) is 3.57. The minimum Gasteiger partial charge on any atom is -0.393 e. The van der Waals surface area contributed by atoms with Gasteiger partial charge in [-0.25, -0.2) is 0 Å². The molecular formula is C13H18N2O3. The van der Waals surface area contributed by atoms with Crippen LogP contribution in [0.15, 0.2) is 18.2 Å². The minimum atomic E-state index is -0.335. The van der Waals surface area contributed by atoms with Gasteiger partial charge in [-0.3, -0.25) is 15.0 Å². The molecular weight excluding hydrogens is 232 g/mol. The highest BCUT2D eigenvalue weighted by molar-refractivity contribution is 5.44. The van der Waals surface area contributed by atoms with Gasteiger partial charge in [0.2, 0.25) is 0 Å². The lowest BCUT2D eigenvalue weighted by molar-refractivity contribution is -0.385. The maximum Gasteiger partial charge on any atom is 0.272 e. The van der Waals surface area contributed by atoms with Crippen molar-refractivity contribution in [3.63, 3.8) is 0 Å². The maximum atomic E-state index is 10.9. The van der Waals surface area contributed by atoms with E-state index in [4.69, 9.17) is 0 Å². The molecule has 1 saturated heterocycles. The van der Waals surface area contributed by atoms with E-state index in [1.54, 1.807) is 19.1 Å². The fourth-order valence-corrected chi connectivity index (χ4v) is 2.36. The molecule has 1 aliphatic heterocycles. The second-order valence-corrected chi connectivity index (χ2v) is 4.83. The van der Waals surface area contributed by atoms with E-state index < -0.39 is 0 Å². The predicted octanol–water partition coefficient (Wildman–Crippen LogP) is 1.86. The van der Waals surface area contributed by atoms with Gasteiger partial charge in [0.05, 0.1) is 11.0 Å². The SMILES string of the molecule is Cc1c(CN2CCC(O)CC2)cccc1[N+](=O)[O-]. The molecule has 18 heavy (non-hydrogen) atoms. The van der Waals surface area contributed by atoms with Crippen LogP contribution in [-0.4, -0.2) is 34.1 Å². The number of aliphatic hydroxyl groups excluding tert-OH is 1. The van der Waals surface area contributed by atoms with Crippen LogP contribution in [0.2, 0.25) is 0 Å². The molecule has 0 unspecified atom stereocenters. The Bertz CT molecular complexity index is 440. The molecule has 0 amide bonds. The lowest BCUT2D eigenvalue weighted by Crippen LogP contribution is -2.35. The molecule has 1 heterocycles. The highest BCUT2D eigenvalue weighted by Gasteiger charge is 2.19. The zero-order valence-electron chi connectivity index (χ0n) is 10.5. The van der Waals surface area contributed by atoms with Gasteiger partial charge in [-0.15, -0.1) is 0 Å². The summed E-state index contributed by atoms with van der Waals surface area (Å²) in [4.78, 5) is 12.8. The number of aliphatic hydroxyl groups is 1. The molecule has 1 fully saturated rings. The molecule has 1 N–H and O–H groups in total. The minimum absolute atomic E-state index is 0.185. The molecule has 0 radical (unpaired) electrons. The second-order valence-electron chi connectivity index (χ2n) is 4.83. The van der Waals surface area contributed by atoms with Crippen LogP contribution in [0, 0.1) is 17.0 Å². The molecule has 0 atom stereocenters. The van der Waals surface area contributed by atoms with Crippen LogP contribution >= 0.6 is 0 Å². The fraction of sp³-hybridized carbons (Fsp3) is 0.538. The summed E-state index contributed by atoms with van der Waals surface area (Å²) in [7, 11) is 0. The van der Waals surface area contributed by atoms with E-state index in [-0.39, 0.29) is 16.7 Å². The van der Waals surface area contributed by atoms with Gasteiger partial charge in [-0.05, 0) is 25.3 Å². The topological polar surface area (TPSA) is 66.6 Å². The number of nitrogens with zero attached hydrogens (tertiary/aromatic N) is 2. The van der Waals surface area contributed by atoms with Crippen molar-refractivity contribution in [2.24, 2.45) is 0 Å². The van der Waals surface area contributed by atoms with E-state index in [2.05, 4.69) is 4.90 Å². The smallest absolute Gasteiger partial charge is 0.272 e. The monoisotopic (exact) mass is 250 g/mol. The first-order valence-corrected chi connectivity index (χ1v) is 6.21. The molecule has 1 aromatic rings. The third kappa shape index (κ3) is 2.86. The summed E-state index contributed by atoms with van der Waals surface area (Å²) in [5.41, 5.74) is 1.93. The van der Waals surface area contributed by atoms with Crippen LogP contribution in [0.25, 0.3) is 0 Å². The summed E-state index contributed by atoms with van der Waals surface area (Å²) in [5.74, 6) is 0. The van der Waals surface area contributed by atoms with Gasteiger partial charge < -0.3 is 5.11 Å². The van der Waals surface area contributed by atoms with E-state index in [0.29, 0.717) is 0 Å². The number of rotatable bonds is 3. The molecule has 0 saturated carbocycles. The average Bonchev–Trinajstić information content (AvgIpc) is 2.34. The lowest BCUT2D eigenvalue weighted by Gasteiger charge is -2.29. The first-order valence-electron chi connectivity index (χ1n) is 6.21. The van der Waals surface area contributed by atoms with Crippen molar-refractivity contribution in [1.29, 1.82) is 0 Å². The number of hydrogen-bond acceptors (Lipinski definition) is 4. The Morgan fingerprint density at radius 1 is 1.44 bits per heavy atom. The zero-order valence-corrected chi connectivity index (χ0v) is 10.5. The molecule has 2 rings (SSSR count). The second kappa shape index (κ2) is 5.46. The van der Waals surface area contributed by atoms with Gasteiger partial charge in [0.15, 0.2) is 0 Å². The molecule has 1 aliphatic rings. The van der Waals surface area contributed by atoms with E-state index in [1.807, 2.05) is 6.07 Å². The highest BCUT2D eigenvalue weighted by atomic mass is 16.6. The molecule has 5 heteroatoms. The number of hydrogen-bond donors (Lipinski definition) is 1. The Labute approximate surface area is 106 Å². The Hall–Kier alpha value is -1.46. The molecule has 0 bridgehead atoms. The Morgan fingerprint density at radius 2 is 2.11 bits per heavy atom. The van der Waals surface area contributed by atoms with Crippen LogP contribution in [0.4, 0.5) is 5.69 Å². The molecule has 0 spiro atoms. The normalized spacial score (nSPS) is 17.9. The first kappa shape index (κ1) is 13.0. The summed E-state index contributed by atoms with van der Waals surface area (Å²) < 4.78 is 0. The Morgan fingerprint density at radius 3 is 2.72 bits per heavy atom. The highest BCUT2D eigenvalue weighted by Crippen LogP contribution is 2.23. The average molecular weight is 250 g/mol. The van der Waals surface area contributed by atoms with E-state index in [9.17, 15) is 15.2 Å². The molecule has 5 nitrogen and oxygen atoms in total. The van der Waals surface area contributed by atoms with Gasteiger partial charge in [0.25, 0.3) is 5.69 Å². The van der Waals surface area contributed by atoms with E-state index in [1.165, 1.54) is 0 Å². The standard InChI is InChI=1S/C13H18N2O3/c1-10-11(3-2-4-13(10)15(17)18)9-14-7-5-12(16)6-8-14/h2-4,12,16H,5-9H2,1H3. The van der Waals surface area contributed by atoms with Crippen molar-refractivity contribution in [2.75, 3.05) is 13.1 Å². The van der Waals surface area contributed by atoms with Crippen LogP contribution < -0.4 is 0 Å². The van der Waals surface area contributed by atoms with Crippen LogP contribution in [-0.2, 0) is 6.54 Å². The summed E-state index contributed by atoms with van der Waals surface area (Å²) in [6.07, 6.45) is 1.38. The zero-order chi connectivity index (χ0) is 13.1. The van der Waals surface area contributed by atoms with Crippen molar-refractivity contribution >= 4 is 5.69 Å². The van der Waals surface area contributed by atoms with Crippen molar-refractivity contribution in [3.8, 4) is 0 Å². The summed E-state index contributed by atoms with van der Waals surface area (Å²) >= 11 is 0. The summed E-state index contributed by atoms with van der Waals surface area (Å²) in [6, 6.07) is 5.21. The molecule has 1 aromatic carbocycles. The van der Waals surface area contributed by atoms with Gasteiger partial charge in [0.1, 0.15) is 0 Å². The first-order chi connectivity index (χ1) is 8.58. The molecule has 98 valence electrons. The number of likely N-dealkylation sites (tertiary alicyclic amines) is 1. The van der Waals surface area contributed by atoms with Crippen LogP contribution in [0.3, 0.4) is 0 Å². The number of nitro benzene ring substituents is 1. The summed E-state index contributed by atoms with van der Waals surface area (Å²) in [5, 5.41) is 20.3. The number of benzene rings is 1. The van der Waals surface area contributed by atoms with Crippen LogP contribution in [0.5, 0.6) is 0 Å². The van der Waals surface area contributed by atoms with E-state index >= 15 is 0 Å². The van der Waals surface area contributed by atoms with E-state index in [0.717, 1.165) is 43.6 Å². The maximum absolute atomic E-state index is 10.9. The van der Waals surface area contributed by atoms with Gasteiger partial charge in [0, 0.05) is 31.3 Å². The van der Waals surface area contributed by atoms with Gasteiger partial charge in [-0.1, -0.05) is 12.1 Å². The predicted molar refractivity (Wildman–Crippen MR) is 68.4 cm³/mol. The van der Waals surface area contributed by atoms with Crippen LogP contribution in [0.1, 0.15) is 24.0 Å². The van der Waals surface area contributed by atoms with Crippen molar-refractivity contribution in [2.45, 2.75) is 32.4 Å². The number of nitro groups is 1. The largest absolute Gasteiger partial charge is 0.393 e. The van der Waals surface area contributed by atoms with Gasteiger partial charge >= 0.3 is 0 Å². The van der Waals surface area contributed by atoms with Crippen molar-refractivity contribution < 1.29 is 10.0 Å². The quantitative estimate of drug-likeness (QED) is 0.657. The summed E-state index contributed by atoms with van der Waals surface area (Å²) in [6.45, 7) is 4.22. The number of piperidine rings is 1. The Balaban J connectivity index is 2.10. The fourth-order valence-electron chi connectivity index (χ4n) is 2.36. The third-order valence-electron chi connectivity index (χ3n) is 3.57. The molecule has 0 aromatic heterocycles. The van der Waals surface area contributed by atoms with Crippen molar-refractivity contribution in [3.05, 3.63) is 39.4 Å². The van der Waals surface area contributed by atoms with Gasteiger partial charge in [-0.2, -0.15) is 0 Å². The Kier molecular flexibility index (Phi) is 3.93. The lowest BCUT2D eigenvalue weighted by atomic mass is 10.0.